The summed E-state index contributed by atoms with van der Waals surface area (Å²) in [6, 6.07) is 23.4. The Labute approximate surface area is 186 Å². The van der Waals surface area contributed by atoms with Crippen molar-refractivity contribution >= 4 is 38.9 Å². The van der Waals surface area contributed by atoms with Crippen molar-refractivity contribution in [2.24, 2.45) is 5.10 Å². The molecule has 0 fully saturated rings. The Kier molecular flexibility index (Phi) is 6.90. The first-order valence-corrected chi connectivity index (χ1v) is 10.3. The van der Waals surface area contributed by atoms with Crippen molar-refractivity contribution in [2.45, 2.75) is 0 Å². The Morgan fingerprint density at radius 3 is 1.70 bits per heavy atom. The Balaban J connectivity index is 1.95. The van der Waals surface area contributed by atoms with Crippen LogP contribution in [0.15, 0.2) is 82.4 Å². The summed E-state index contributed by atoms with van der Waals surface area (Å²) >= 11 is 3.40. The van der Waals surface area contributed by atoms with Crippen LogP contribution in [0.25, 0.3) is 0 Å². The summed E-state index contributed by atoms with van der Waals surface area (Å²) in [5.41, 5.74) is 7.99. The lowest BCUT2D eigenvalue weighted by atomic mass is 10.0. The minimum Gasteiger partial charge on any atom is -0.378 e. The van der Waals surface area contributed by atoms with Crippen LogP contribution >= 0.6 is 15.9 Å². The van der Waals surface area contributed by atoms with Crippen LogP contribution in [0.2, 0.25) is 0 Å². The van der Waals surface area contributed by atoms with E-state index in [0.717, 1.165) is 27.0 Å². The fraction of sp³-hybridized carbons (Fsp3) is 0.167. The van der Waals surface area contributed by atoms with Gasteiger partial charge in [-0.05, 0) is 42.5 Å². The molecule has 3 aromatic carbocycles. The molecule has 0 aliphatic rings. The van der Waals surface area contributed by atoms with Crippen LogP contribution in [0, 0.1) is 0 Å². The first-order chi connectivity index (χ1) is 14.3. The molecule has 3 aromatic rings. The molecule has 5 nitrogen and oxygen atoms in total. The van der Waals surface area contributed by atoms with E-state index in [4.69, 9.17) is 0 Å². The average molecular weight is 465 g/mol. The molecular formula is C24H25BrN4O. The van der Waals surface area contributed by atoms with Crippen molar-refractivity contribution in [3.8, 4) is 0 Å². The smallest absolute Gasteiger partial charge is 0.271 e. The average Bonchev–Trinajstić information content (AvgIpc) is 2.74. The number of hydrogen-bond donors (Lipinski definition) is 1. The number of amides is 1. The Bertz CT molecular complexity index is 988. The van der Waals surface area contributed by atoms with E-state index in [0.29, 0.717) is 11.3 Å². The highest BCUT2D eigenvalue weighted by Gasteiger charge is 2.11. The van der Waals surface area contributed by atoms with E-state index in [9.17, 15) is 4.79 Å². The van der Waals surface area contributed by atoms with Gasteiger partial charge in [0.15, 0.2) is 0 Å². The Hall–Kier alpha value is -3.12. The molecule has 0 aromatic heterocycles. The van der Waals surface area contributed by atoms with Crippen molar-refractivity contribution in [3.05, 3.63) is 94.0 Å². The Morgan fingerprint density at radius 1 is 0.767 bits per heavy atom. The molecule has 0 aliphatic heterocycles. The van der Waals surface area contributed by atoms with Crippen LogP contribution < -0.4 is 15.2 Å². The van der Waals surface area contributed by atoms with Gasteiger partial charge in [0.2, 0.25) is 0 Å². The number of nitrogens with zero attached hydrogens (tertiary/aromatic N) is 3. The van der Waals surface area contributed by atoms with Crippen LogP contribution in [0.1, 0.15) is 21.5 Å². The van der Waals surface area contributed by atoms with Gasteiger partial charge in [-0.25, -0.2) is 5.43 Å². The highest BCUT2D eigenvalue weighted by atomic mass is 79.9. The summed E-state index contributed by atoms with van der Waals surface area (Å²) in [5, 5.41) is 4.49. The maximum absolute atomic E-state index is 12.6. The predicted molar refractivity (Wildman–Crippen MR) is 129 cm³/mol. The van der Waals surface area contributed by atoms with Crippen molar-refractivity contribution in [2.75, 3.05) is 38.0 Å². The molecule has 0 spiro atoms. The lowest BCUT2D eigenvalue weighted by molar-refractivity contribution is 0.0955. The number of halogens is 1. The van der Waals surface area contributed by atoms with Crippen LogP contribution in [0.5, 0.6) is 0 Å². The van der Waals surface area contributed by atoms with Crippen LogP contribution in [-0.2, 0) is 0 Å². The van der Waals surface area contributed by atoms with Crippen molar-refractivity contribution < 1.29 is 4.79 Å². The lowest BCUT2D eigenvalue weighted by Gasteiger charge is -2.15. The van der Waals surface area contributed by atoms with Gasteiger partial charge in [-0.1, -0.05) is 46.3 Å². The largest absolute Gasteiger partial charge is 0.378 e. The van der Waals surface area contributed by atoms with Crippen molar-refractivity contribution in [1.29, 1.82) is 0 Å². The number of nitrogens with one attached hydrogen (secondary N) is 1. The number of hydrazone groups is 1. The molecule has 1 amide bonds. The third-order valence-corrected chi connectivity index (χ3v) is 5.16. The van der Waals surface area contributed by atoms with E-state index >= 15 is 0 Å². The highest BCUT2D eigenvalue weighted by molar-refractivity contribution is 9.10. The first-order valence-electron chi connectivity index (χ1n) is 9.54. The van der Waals surface area contributed by atoms with Gasteiger partial charge in [-0.15, -0.1) is 0 Å². The minimum absolute atomic E-state index is 0.261. The molecule has 30 heavy (non-hydrogen) atoms. The fourth-order valence-corrected chi connectivity index (χ4v) is 3.33. The van der Waals surface area contributed by atoms with Gasteiger partial charge >= 0.3 is 0 Å². The van der Waals surface area contributed by atoms with E-state index in [1.165, 1.54) is 0 Å². The topological polar surface area (TPSA) is 47.9 Å². The zero-order chi connectivity index (χ0) is 21.7. The molecular weight excluding hydrogens is 440 g/mol. The number of carbonyl (C=O) groups excluding carboxylic acids is 1. The zero-order valence-electron chi connectivity index (χ0n) is 17.6. The second-order valence-corrected chi connectivity index (χ2v) is 8.21. The minimum atomic E-state index is -0.261. The van der Waals surface area contributed by atoms with Crippen LogP contribution in [-0.4, -0.2) is 39.8 Å². The molecule has 0 bridgehead atoms. The van der Waals surface area contributed by atoms with E-state index in [2.05, 4.69) is 26.5 Å². The summed E-state index contributed by atoms with van der Waals surface area (Å²) in [6.45, 7) is 0. The summed E-state index contributed by atoms with van der Waals surface area (Å²) in [6.07, 6.45) is 0. The maximum Gasteiger partial charge on any atom is 0.271 e. The molecule has 154 valence electrons. The van der Waals surface area contributed by atoms with Crippen molar-refractivity contribution in [1.82, 2.24) is 5.43 Å². The van der Waals surface area contributed by atoms with Gasteiger partial charge in [-0.2, -0.15) is 5.10 Å². The van der Waals surface area contributed by atoms with Crippen LogP contribution in [0.4, 0.5) is 11.4 Å². The van der Waals surface area contributed by atoms with Gasteiger partial charge in [0, 0.05) is 60.7 Å². The highest BCUT2D eigenvalue weighted by Crippen LogP contribution is 2.19. The van der Waals surface area contributed by atoms with E-state index in [1.54, 1.807) is 12.1 Å². The Morgan fingerprint density at radius 2 is 1.27 bits per heavy atom. The van der Waals surface area contributed by atoms with Gasteiger partial charge < -0.3 is 9.80 Å². The van der Waals surface area contributed by atoms with Gasteiger partial charge in [0.25, 0.3) is 5.91 Å². The molecule has 6 heteroatoms. The van der Waals surface area contributed by atoms with Gasteiger partial charge in [0.1, 0.15) is 0 Å². The number of hydrogen-bond acceptors (Lipinski definition) is 4. The summed E-state index contributed by atoms with van der Waals surface area (Å²) < 4.78 is 0.845. The second-order valence-electron chi connectivity index (χ2n) is 7.29. The van der Waals surface area contributed by atoms with Gasteiger partial charge in [-0.3, -0.25) is 4.79 Å². The summed E-state index contributed by atoms with van der Waals surface area (Å²) in [4.78, 5) is 16.7. The lowest BCUT2D eigenvalue weighted by Crippen LogP contribution is -2.20. The molecule has 0 saturated heterocycles. The molecule has 0 heterocycles. The van der Waals surface area contributed by atoms with Crippen molar-refractivity contribution in [3.63, 3.8) is 0 Å². The van der Waals surface area contributed by atoms with E-state index in [1.807, 2.05) is 98.7 Å². The monoisotopic (exact) mass is 464 g/mol. The van der Waals surface area contributed by atoms with E-state index in [-0.39, 0.29) is 5.91 Å². The summed E-state index contributed by atoms with van der Waals surface area (Å²) in [5.74, 6) is -0.261. The maximum atomic E-state index is 12.6. The molecule has 3 rings (SSSR count). The number of carbonyl (C=O) groups is 1. The van der Waals surface area contributed by atoms with Crippen LogP contribution in [0.3, 0.4) is 0 Å². The molecule has 0 saturated carbocycles. The third-order valence-electron chi connectivity index (χ3n) is 4.67. The second kappa shape index (κ2) is 9.59. The predicted octanol–water partition coefficient (Wildman–Crippen LogP) is 4.76. The quantitative estimate of drug-likeness (QED) is 0.422. The standard InChI is InChI=1S/C24H25BrN4O/c1-28(2)21-12-8-17(9-13-21)23(18-10-14-22(15-11-18)29(3)4)26-27-24(30)19-6-5-7-20(25)16-19/h5-16H,1-4H3,(H,27,30). The zero-order valence-corrected chi connectivity index (χ0v) is 19.1. The number of rotatable bonds is 6. The normalized spacial score (nSPS) is 10.3. The summed E-state index contributed by atoms with van der Waals surface area (Å²) in [7, 11) is 8.01. The van der Waals surface area contributed by atoms with E-state index < -0.39 is 0 Å². The van der Waals surface area contributed by atoms with Gasteiger partial charge in [0.05, 0.1) is 5.71 Å². The molecule has 1 N–H and O–H groups in total. The molecule has 0 unspecified atom stereocenters. The SMILES string of the molecule is CN(C)c1ccc(C(=NNC(=O)c2cccc(Br)c2)c2ccc(N(C)C)cc2)cc1. The molecule has 0 atom stereocenters. The third kappa shape index (κ3) is 5.27. The fourth-order valence-electron chi connectivity index (χ4n) is 2.93. The molecule has 0 aliphatic carbocycles. The molecule has 0 radical (unpaired) electrons. The number of anilines is 2. The number of benzene rings is 3. The first kappa shape index (κ1) is 21.6.